The van der Waals surface area contributed by atoms with E-state index in [-0.39, 0.29) is 19.1 Å². The van der Waals surface area contributed by atoms with Gasteiger partial charge in [0.25, 0.3) is 0 Å². The van der Waals surface area contributed by atoms with E-state index in [9.17, 15) is 14.4 Å². The Morgan fingerprint density at radius 3 is 1.68 bits per heavy atom. The summed E-state index contributed by atoms with van der Waals surface area (Å²) in [6.45, 7) is 8.41. The van der Waals surface area contributed by atoms with Crippen molar-refractivity contribution in [3.05, 3.63) is 70.3 Å². The Morgan fingerprint density at radius 2 is 1.15 bits per heavy atom. The van der Waals surface area contributed by atoms with Crippen molar-refractivity contribution >= 4 is 30.0 Å². The number of amides is 1. The van der Waals surface area contributed by atoms with E-state index in [0.29, 0.717) is 12.8 Å². The van der Waals surface area contributed by atoms with Crippen LogP contribution in [0.4, 0.5) is 0 Å². The number of hydrogen-bond donors (Lipinski definition) is 1. The fourth-order valence-corrected chi connectivity index (χ4v) is 5.93. The average Bonchev–Trinajstić information content (AvgIpc) is 3.04. The normalized spacial score (nSPS) is 11.5. The summed E-state index contributed by atoms with van der Waals surface area (Å²) < 4.78 is 10.7. The first-order valence-electron chi connectivity index (χ1n) is 18.1. The molecule has 0 aliphatic carbocycles. The second-order valence-corrected chi connectivity index (χ2v) is 13.2. The van der Waals surface area contributed by atoms with Gasteiger partial charge in [-0.1, -0.05) is 133 Å². The maximum Gasteiger partial charge on any atom is 0.302 e. The molecule has 6 heteroatoms. The van der Waals surface area contributed by atoms with Gasteiger partial charge < -0.3 is 14.8 Å². The van der Waals surface area contributed by atoms with Crippen molar-refractivity contribution in [2.45, 2.75) is 143 Å². The molecule has 1 amide bonds. The Labute approximate surface area is 285 Å². The molecule has 0 fully saturated rings. The summed E-state index contributed by atoms with van der Waals surface area (Å²) >= 11 is 0. The highest BCUT2D eigenvalue weighted by atomic mass is 16.5. The van der Waals surface area contributed by atoms with E-state index in [0.717, 1.165) is 29.5 Å². The van der Waals surface area contributed by atoms with Gasteiger partial charge >= 0.3 is 11.9 Å². The minimum absolute atomic E-state index is 0.0818. The Balaban J connectivity index is 2.24. The van der Waals surface area contributed by atoms with E-state index < -0.39 is 17.5 Å². The molecule has 6 nitrogen and oxygen atoms in total. The second-order valence-electron chi connectivity index (χ2n) is 13.2. The topological polar surface area (TPSA) is 81.7 Å². The molecule has 0 saturated heterocycles. The zero-order valence-electron chi connectivity index (χ0n) is 30.0. The largest absolute Gasteiger partial charge is 0.463 e. The summed E-state index contributed by atoms with van der Waals surface area (Å²) in [5.41, 5.74) is 5.06. The van der Waals surface area contributed by atoms with Gasteiger partial charge in [-0.05, 0) is 66.3 Å². The summed E-state index contributed by atoms with van der Waals surface area (Å²) in [4.78, 5) is 35.7. The number of carbonyl (C=O) groups is 3. The van der Waals surface area contributed by atoms with Gasteiger partial charge in [0, 0.05) is 20.8 Å². The van der Waals surface area contributed by atoms with Crippen molar-refractivity contribution in [3.63, 3.8) is 0 Å². The monoisotopic (exact) mass is 647 g/mol. The number of ether oxygens (including phenoxy) is 2. The molecule has 0 aliphatic rings. The molecule has 0 aromatic heterocycles. The molecule has 0 atom stereocenters. The highest BCUT2D eigenvalue weighted by Gasteiger charge is 2.34. The van der Waals surface area contributed by atoms with Crippen LogP contribution in [0.1, 0.15) is 146 Å². The molecule has 0 bridgehead atoms. The maximum atomic E-state index is 12.2. The first-order chi connectivity index (χ1) is 22.7. The third kappa shape index (κ3) is 17.4. The SMILES string of the molecule is CCCCCCCCc1ccc(C=Cc2cc(CCCCCCCC)ccc2CCC(COC(C)=O)(COC(C)=O)NC(C)=O)cc1. The summed E-state index contributed by atoms with van der Waals surface area (Å²) in [7, 11) is 0. The molecule has 2 aromatic rings. The number of rotatable bonds is 24. The molecule has 0 saturated carbocycles. The summed E-state index contributed by atoms with van der Waals surface area (Å²) in [6.07, 6.45) is 22.9. The van der Waals surface area contributed by atoms with Gasteiger partial charge in [-0.3, -0.25) is 14.4 Å². The van der Waals surface area contributed by atoms with Crippen LogP contribution < -0.4 is 5.32 Å². The van der Waals surface area contributed by atoms with Crippen molar-refractivity contribution in [3.8, 4) is 0 Å². The maximum absolute atomic E-state index is 12.2. The van der Waals surface area contributed by atoms with Gasteiger partial charge in [0.15, 0.2) is 0 Å². The lowest BCUT2D eigenvalue weighted by Crippen LogP contribution is -2.55. The first-order valence-corrected chi connectivity index (χ1v) is 18.1. The van der Waals surface area contributed by atoms with Crippen molar-refractivity contribution in [1.82, 2.24) is 5.32 Å². The number of esters is 2. The number of unbranched alkanes of at least 4 members (excludes halogenated alkanes) is 10. The second kappa shape index (κ2) is 23.0. The fraction of sp³-hybridized carbons (Fsp3) is 0.585. The van der Waals surface area contributed by atoms with Crippen LogP contribution in [0, 0.1) is 0 Å². The summed E-state index contributed by atoms with van der Waals surface area (Å²) in [5, 5.41) is 2.93. The number of benzene rings is 2. The van der Waals surface area contributed by atoms with Crippen molar-refractivity contribution in [2.75, 3.05) is 13.2 Å². The third-order valence-electron chi connectivity index (χ3n) is 8.70. The zero-order valence-corrected chi connectivity index (χ0v) is 30.0. The fourth-order valence-electron chi connectivity index (χ4n) is 5.93. The molecule has 0 aliphatic heterocycles. The van der Waals surface area contributed by atoms with Crippen molar-refractivity contribution in [2.24, 2.45) is 0 Å². The van der Waals surface area contributed by atoms with Gasteiger partial charge in [-0.25, -0.2) is 0 Å². The Hall–Kier alpha value is -3.41. The molecular weight excluding hydrogens is 586 g/mol. The molecule has 0 radical (unpaired) electrons. The van der Waals surface area contributed by atoms with Crippen LogP contribution in [0.25, 0.3) is 12.2 Å². The minimum atomic E-state index is -1.03. The van der Waals surface area contributed by atoms with Gasteiger partial charge in [0.2, 0.25) is 5.91 Å². The van der Waals surface area contributed by atoms with E-state index in [1.807, 2.05) is 0 Å². The van der Waals surface area contributed by atoms with Crippen LogP contribution in [0.3, 0.4) is 0 Å². The van der Waals surface area contributed by atoms with Crippen LogP contribution in [0.2, 0.25) is 0 Å². The Bertz CT molecular complexity index is 1210. The van der Waals surface area contributed by atoms with Gasteiger partial charge in [0.1, 0.15) is 18.8 Å². The van der Waals surface area contributed by atoms with Crippen LogP contribution in [0.5, 0.6) is 0 Å². The lowest BCUT2D eigenvalue weighted by atomic mass is 9.89. The zero-order chi connectivity index (χ0) is 34.3. The molecule has 2 aromatic carbocycles. The predicted molar refractivity (Wildman–Crippen MR) is 194 cm³/mol. The van der Waals surface area contributed by atoms with E-state index in [2.05, 4.69) is 73.8 Å². The number of nitrogens with one attached hydrogen (secondary N) is 1. The van der Waals surface area contributed by atoms with E-state index in [1.165, 1.54) is 109 Å². The minimum Gasteiger partial charge on any atom is -0.463 e. The third-order valence-corrected chi connectivity index (χ3v) is 8.70. The van der Waals surface area contributed by atoms with E-state index in [1.54, 1.807) is 0 Å². The quantitative estimate of drug-likeness (QED) is 0.0697. The highest BCUT2D eigenvalue weighted by Crippen LogP contribution is 2.24. The van der Waals surface area contributed by atoms with Crippen LogP contribution in [-0.2, 0) is 43.1 Å². The first kappa shape index (κ1) is 39.8. The predicted octanol–water partition coefficient (Wildman–Crippen LogP) is 9.60. The number of hydrogen-bond acceptors (Lipinski definition) is 5. The molecule has 2 rings (SSSR count). The van der Waals surface area contributed by atoms with E-state index in [4.69, 9.17) is 9.47 Å². The number of aryl methyl sites for hydroxylation is 3. The highest BCUT2D eigenvalue weighted by molar-refractivity contribution is 5.74. The van der Waals surface area contributed by atoms with Gasteiger partial charge in [-0.15, -0.1) is 0 Å². The van der Waals surface area contributed by atoms with Crippen molar-refractivity contribution < 1.29 is 23.9 Å². The summed E-state index contributed by atoms with van der Waals surface area (Å²) in [5.74, 6) is -1.19. The standard InChI is InChI=1S/C41H61NO5/c1-6-8-10-12-14-16-18-36-20-22-37(23-21-36)24-27-40-30-38(19-17-15-13-11-9-7-2)25-26-39(40)28-29-41(42-33(3)43,31-46-34(4)44)32-47-35(5)45/h20-27,30H,6-19,28-29,31-32H2,1-5H3,(H,42,43). The lowest BCUT2D eigenvalue weighted by Gasteiger charge is -2.33. The van der Waals surface area contributed by atoms with E-state index >= 15 is 0 Å². The van der Waals surface area contributed by atoms with Crippen LogP contribution in [0.15, 0.2) is 42.5 Å². The van der Waals surface area contributed by atoms with Crippen LogP contribution in [-0.4, -0.2) is 36.6 Å². The number of carbonyl (C=O) groups excluding carboxylic acids is 3. The van der Waals surface area contributed by atoms with Gasteiger partial charge in [-0.2, -0.15) is 0 Å². The van der Waals surface area contributed by atoms with Crippen LogP contribution >= 0.6 is 0 Å². The Morgan fingerprint density at radius 1 is 0.638 bits per heavy atom. The molecular formula is C41H61NO5. The molecule has 260 valence electrons. The van der Waals surface area contributed by atoms with Crippen molar-refractivity contribution in [1.29, 1.82) is 0 Å². The smallest absolute Gasteiger partial charge is 0.302 e. The molecule has 1 N–H and O–H groups in total. The average molecular weight is 648 g/mol. The van der Waals surface area contributed by atoms with Gasteiger partial charge in [0.05, 0.1) is 0 Å². The molecule has 0 spiro atoms. The molecule has 0 heterocycles. The Kier molecular flexibility index (Phi) is 19.5. The summed E-state index contributed by atoms with van der Waals surface area (Å²) in [6, 6.07) is 15.5. The molecule has 0 unspecified atom stereocenters. The lowest BCUT2D eigenvalue weighted by molar-refractivity contribution is -0.150. The molecule has 47 heavy (non-hydrogen) atoms.